The molecule has 11 heteroatoms. The van der Waals surface area contributed by atoms with Gasteiger partial charge in [-0.3, -0.25) is 0 Å². The average molecular weight is 507 g/mol. The molecule has 0 radical (unpaired) electrons. The number of hydrogen-bond acceptors (Lipinski definition) is 5. The molecule has 142 valence electrons. The Kier molecular flexibility index (Phi) is 5.33. The van der Waals surface area contributed by atoms with E-state index in [1.807, 2.05) is 0 Å². The Bertz CT molecular complexity index is 812. The SMILES string of the molecule is CC1(CC(F)(F)F)C(N)=NC(c2s[c]([Sn]([CH3])([CH3])[CH3])cc2F)CS1(=O)=O. The predicted octanol–water partition coefficient (Wildman–Crippen LogP) is 2.97. The van der Waals surface area contributed by atoms with Crippen LogP contribution < -0.4 is 8.63 Å². The van der Waals surface area contributed by atoms with E-state index < -0.39 is 69.0 Å². The fraction of sp³-hybridized carbons (Fsp3) is 0.643. The summed E-state index contributed by atoms with van der Waals surface area (Å²) in [6.07, 6.45) is -6.32. The Morgan fingerprint density at radius 1 is 1.40 bits per heavy atom. The molecule has 0 saturated carbocycles. The van der Waals surface area contributed by atoms with Crippen molar-refractivity contribution >= 4 is 48.3 Å². The van der Waals surface area contributed by atoms with Gasteiger partial charge in [0, 0.05) is 0 Å². The third-order valence-corrected chi connectivity index (χ3v) is 17.3. The maximum atomic E-state index is 14.3. The summed E-state index contributed by atoms with van der Waals surface area (Å²) in [5, 5.41) is 0. The van der Waals surface area contributed by atoms with Crippen molar-refractivity contribution in [2.24, 2.45) is 10.7 Å². The summed E-state index contributed by atoms with van der Waals surface area (Å²) in [6.45, 7) is 0.923. The van der Waals surface area contributed by atoms with Gasteiger partial charge in [-0.2, -0.15) is 0 Å². The average Bonchev–Trinajstić information content (AvgIpc) is 2.76. The summed E-state index contributed by atoms with van der Waals surface area (Å²) in [7, 11) is -4.26. The molecule has 1 aromatic heterocycles. The summed E-state index contributed by atoms with van der Waals surface area (Å²) >= 11 is -1.41. The molecule has 0 bridgehead atoms. The topological polar surface area (TPSA) is 72.5 Å². The van der Waals surface area contributed by atoms with Gasteiger partial charge in [0.2, 0.25) is 0 Å². The van der Waals surface area contributed by atoms with Gasteiger partial charge in [-0.25, -0.2) is 0 Å². The zero-order chi connectivity index (χ0) is 19.4. The van der Waals surface area contributed by atoms with Crippen LogP contribution >= 0.6 is 11.3 Å². The van der Waals surface area contributed by atoms with Crippen molar-refractivity contribution in [3.8, 4) is 0 Å². The number of nitrogens with two attached hydrogens (primary N) is 1. The molecular formula is C14H20F4N2O2S2Sn. The van der Waals surface area contributed by atoms with Crippen LogP contribution in [-0.2, 0) is 9.84 Å². The summed E-state index contributed by atoms with van der Waals surface area (Å²) < 4.78 is 76.3. The van der Waals surface area contributed by atoms with Crippen LogP contribution in [-0.4, -0.2) is 49.3 Å². The Hall–Kier alpha value is -0.361. The van der Waals surface area contributed by atoms with E-state index in [1.165, 1.54) is 6.07 Å². The molecule has 0 aliphatic carbocycles. The minimum absolute atomic E-state index is 0.127. The van der Waals surface area contributed by atoms with Gasteiger partial charge in [0.15, 0.2) is 0 Å². The monoisotopic (exact) mass is 508 g/mol. The molecule has 2 rings (SSSR count). The number of thiophene rings is 1. The number of aliphatic imine (C=N–C) groups is 1. The Morgan fingerprint density at radius 3 is 2.36 bits per heavy atom. The number of sulfone groups is 1. The van der Waals surface area contributed by atoms with Crippen molar-refractivity contribution in [1.29, 1.82) is 0 Å². The molecule has 2 N–H and O–H groups in total. The molecule has 1 aliphatic heterocycles. The zero-order valence-electron chi connectivity index (χ0n) is 14.2. The normalized spacial score (nSPS) is 27.2. The van der Waals surface area contributed by atoms with Crippen molar-refractivity contribution in [1.82, 2.24) is 0 Å². The number of rotatable bonds is 3. The molecule has 0 fully saturated rings. The van der Waals surface area contributed by atoms with Gasteiger partial charge in [-0.05, 0) is 0 Å². The number of amidine groups is 1. The van der Waals surface area contributed by atoms with Crippen LogP contribution in [0, 0.1) is 5.82 Å². The molecule has 2 heterocycles. The van der Waals surface area contributed by atoms with E-state index >= 15 is 0 Å². The molecule has 0 saturated heterocycles. The van der Waals surface area contributed by atoms with E-state index in [2.05, 4.69) is 19.8 Å². The third kappa shape index (κ3) is 4.15. The van der Waals surface area contributed by atoms with E-state index in [0.717, 1.165) is 21.2 Å². The van der Waals surface area contributed by atoms with Crippen molar-refractivity contribution in [3.63, 3.8) is 0 Å². The summed E-state index contributed by atoms with van der Waals surface area (Å²) in [4.78, 5) is 10.3. The number of halogens is 4. The number of hydrogen-bond donors (Lipinski definition) is 1. The van der Waals surface area contributed by atoms with Gasteiger partial charge in [-0.15, -0.1) is 0 Å². The second kappa shape index (κ2) is 6.36. The Balaban J connectivity index is 2.49. The summed E-state index contributed by atoms with van der Waals surface area (Å²) in [5.41, 5.74) is 5.63. The summed E-state index contributed by atoms with van der Waals surface area (Å²) in [6, 6.07) is 0.302. The second-order valence-corrected chi connectivity index (χ2v) is 26.4. The van der Waals surface area contributed by atoms with Gasteiger partial charge in [0.1, 0.15) is 0 Å². The van der Waals surface area contributed by atoms with Crippen molar-refractivity contribution in [2.75, 3.05) is 5.75 Å². The van der Waals surface area contributed by atoms with Gasteiger partial charge < -0.3 is 0 Å². The Labute approximate surface area is 152 Å². The molecule has 1 aliphatic rings. The molecule has 2 unspecified atom stereocenters. The fourth-order valence-electron chi connectivity index (χ4n) is 2.59. The molecule has 2 atom stereocenters. The molecule has 0 aromatic carbocycles. The van der Waals surface area contributed by atoms with E-state index in [9.17, 15) is 26.0 Å². The van der Waals surface area contributed by atoms with Crippen LogP contribution in [0.2, 0.25) is 14.8 Å². The second-order valence-electron chi connectivity index (χ2n) is 7.41. The number of nitrogens with zero attached hydrogens (tertiary/aromatic N) is 1. The zero-order valence-corrected chi connectivity index (χ0v) is 18.7. The Morgan fingerprint density at radius 2 is 1.96 bits per heavy atom. The molecule has 0 amide bonds. The van der Waals surface area contributed by atoms with Crippen LogP contribution in [0.3, 0.4) is 0 Å². The van der Waals surface area contributed by atoms with Crippen LogP contribution in [0.4, 0.5) is 17.6 Å². The standard InChI is InChI=1S/C11H11F4N2O2S2.3CH3.Sn/c1-10(5-11(13,14)15)9(16)17-7(4-21(10,18)19)8-6(12)2-3-20-8;;;;/h2,7H,4-5H2,1H3,(H2,16,17);3*1H3;. The van der Waals surface area contributed by atoms with Crippen molar-refractivity contribution < 1.29 is 26.0 Å². The van der Waals surface area contributed by atoms with Crippen LogP contribution in [0.5, 0.6) is 0 Å². The van der Waals surface area contributed by atoms with Crippen molar-refractivity contribution in [2.45, 2.75) is 45.1 Å². The van der Waals surface area contributed by atoms with E-state index in [1.54, 1.807) is 0 Å². The predicted molar refractivity (Wildman–Crippen MR) is 94.5 cm³/mol. The van der Waals surface area contributed by atoms with E-state index in [-0.39, 0.29) is 4.88 Å². The third-order valence-electron chi connectivity index (χ3n) is 4.19. The first-order valence-electron chi connectivity index (χ1n) is 7.49. The maximum absolute atomic E-state index is 14.3. The van der Waals surface area contributed by atoms with Gasteiger partial charge in [0.25, 0.3) is 0 Å². The fourth-order valence-corrected chi connectivity index (χ4v) is 10.8. The molecule has 4 nitrogen and oxygen atoms in total. The summed E-state index contributed by atoms with van der Waals surface area (Å²) in [5.74, 6) is -1.87. The first kappa shape index (κ1) is 20.9. The van der Waals surface area contributed by atoms with E-state index in [4.69, 9.17) is 5.73 Å². The van der Waals surface area contributed by atoms with Crippen LogP contribution in [0.1, 0.15) is 24.3 Å². The van der Waals surface area contributed by atoms with Crippen molar-refractivity contribution in [3.05, 3.63) is 16.8 Å². The molecule has 0 spiro atoms. The molecule has 25 heavy (non-hydrogen) atoms. The van der Waals surface area contributed by atoms with Gasteiger partial charge in [-0.1, -0.05) is 0 Å². The van der Waals surface area contributed by atoms with Gasteiger partial charge in [0.05, 0.1) is 0 Å². The van der Waals surface area contributed by atoms with E-state index in [0.29, 0.717) is 0 Å². The van der Waals surface area contributed by atoms with Gasteiger partial charge >= 0.3 is 153 Å². The first-order valence-corrected chi connectivity index (χ1v) is 20.0. The molecule has 1 aromatic rings. The first-order chi connectivity index (χ1) is 11.1. The number of alkyl halides is 3. The minimum atomic E-state index is -4.71. The van der Waals surface area contributed by atoms with Crippen LogP contribution in [0.25, 0.3) is 0 Å². The quantitative estimate of drug-likeness (QED) is 0.506. The molecular weight excluding hydrogens is 487 g/mol. The van der Waals surface area contributed by atoms with Crippen LogP contribution in [0.15, 0.2) is 11.1 Å².